The summed E-state index contributed by atoms with van der Waals surface area (Å²) >= 11 is 6.17. The molecule has 0 saturated carbocycles. The van der Waals surface area contributed by atoms with Gasteiger partial charge in [-0.2, -0.15) is 0 Å². The minimum absolute atomic E-state index is 0.167. The minimum atomic E-state index is -0.167. The molecule has 4 rings (SSSR count). The van der Waals surface area contributed by atoms with E-state index in [-0.39, 0.29) is 6.03 Å². The van der Waals surface area contributed by atoms with Crippen molar-refractivity contribution < 1.29 is 4.79 Å². The molecule has 3 aromatic rings. The third-order valence-corrected chi connectivity index (χ3v) is 5.87. The van der Waals surface area contributed by atoms with E-state index in [4.69, 9.17) is 11.6 Å². The van der Waals surface area contributed by atoms with Gasteiger partial charge < -0.3 is 15.5 Å². The molecule has 0 aliphatic carbocycles. The van der Waals surface area contributed by atoms with E-state index >= 15 is 0 Å². The van der Waals surface area contributed by atoms with Crippen molar-refractivity contribution in [2.75, 3.05) is 49.5 Å². The first-order valence-corrected chi connectivity index (χ1v) is 10.7. The van der Waals surface area contributed by atoms with Gasteiger partial charge in [0.05, 0.1) is 5.69 Å². The SMILES string of the molecule is Cc1ccc(Cl)cc1N1CCN(CCNC(=O)Nc2cccc3ccccc23)CC1. The van der Waals surface area contributed by atoms with E-state index in [0.717, 1.165) is 54.2 Å². The molecule has 1 aliphatic rings. The van der Waals surface area contributed by atoms with E-state index in [2.05, 4.69) is 33.4 Å². The van der Waals surface area contributed by atoms with Crippen LogP contribution in [0, 0.1) is 6.92 Å². The Morgan fingerprint density at radius 3 is 2.60 bits per heavy atom. The van der Waals surface area contributed by atoms with E-state index in [1.165, 1.54) is 11.3 Å². The molecule has 0 unspecified atom stereocenters. The molecule has 0 aromatic heterocycles. The fourth-order valence-corrected chi connectivity index (χ4v) is 4.13. The van der Waals surface area contributed by atoms with Crippen LogP contribution in [-0.4, -0.2) is 50.2 Å². The summed E-state index contributed by atoms with van der Waals surface area (Å²) in [5.74, 6) is 0. The molecule has 2 N–H and O–H groups in total. The number of halogens is 1. The average Bonchev–Trinajstić information content (AvgIpc) is 2.76. The Balaban J connectivity index is 1.23. The first-order valence-electron chi connectivity index (χ1n) is 10.4. The molecule has 3 aromatic carbocycles. The van der Waals surface area contributed by atoms with Crippen LogP contribution in [0.5, 0.6) is 0 Å². The lowest BCUT2D eigenvalue weighted by Gasteiger charge is -2.36. The number of aryl methyl sites for hydroxylation is 1. The second-order valence-electron chi connectivity index (χ2n) is 7.67. The van der Waals surface area contributed by atoms with Crippen molar-refractivity contribution in [1.82, 2.24) is 10.2 Å². The average molecular weight is 423 g/mol. The standard InChI is InChI=1S/C24H27ClN4O/c1-18-9-10-20(25)17-23(18)29-15-13-28(14-16-29)12-11-26-24(30)27-22-8-4-6-19-5-2-3-7-21(19)22/h2-10,17H,11-16H2,1H3,(H2,26,27,30). The van der Waals surface area contributed by atoms with Crippen molar-refractivity contribution in [1.29, 1.82) is 0 Å². The largest absolute Gasteiger partial charge is 0.369 e. The number of piperazine rings is 1. The number of nitrogens with one attached hydrogen (secondary N) is 2. The van der Waals surface area contributed by atoms with Crippen molar-refractivity contribution in [3.8, 4) is 0 Å². The van der Waals surface area contributed by atoms with Gasteiger partial charge >= 0.3 is 6.03 Å². The van der Waals surface area contributed by atoms with Gasteiger partial charge in [0, 0.05) is 55.4 Å². The maximum absolute atomic E-state index is 12.3. The number of urea groups is 1. The zero-order chi connectivity index (χ0) is 20.9. The highest BCUT2D eigenvalue weighted by molar-refractivity contribution is 6.30. The first-order chi connectivity index (χ1) is 14.6. The molecule has 5 nitrogen and oxygen atoms in total. The Bertz CT molecular complexity index is 1030. The van der Waals surface area contributed by atoms with Crippen LogP contribution in [0.25, 0.3) is 10.8 Å². The maximum Gasteiger partial charge on any atom is 0.319 e. The number of rotatable bonds is 5. The molecule has 2 amide bonds. The summed E-state index contributed by atoms with van der Waals surface area (Å²) in [7, 11) is 0. The summed E-state index contributed by atoms with van der Waals surface area (Å²) in [6, 6.07) is 19.9. The molecule has 156 valence electrons. The summed E-state index contributed by atoms with van der Waals surface area (Å²) in [6.07, 6.45) is 0. The number of hydrogen-bond acceptors (Lipinski definition) is 3. The lowest BCUT2D eigenvalue weighted by Crippen LogP contribution is -2.48. The van der Waals surface area contributed by atoms with Crippen molar-refractivity contribution in [3.63, 3.8) is 0 Å². The Morgan fingerprint density at radius 2 is 1.77 bits per heavy atom. The lowest BCUT2D eigenvalue weighted by molar-refractivity contribution is 0.240. The lowest BCUT2D eigenvalue weighted by atomic mass is 10.1. The number of nitrogens with zero attached hydrogens (tertiary/aromatic N) is 2. The maximum atomic E-state index is 12.3. The van der Waals surface area contributed by atoms with Crippen molar-refractivity contribution in [3.05, 3.63) is 71.2 Å². The van der Waals surface area contributed by atoms with Gasteiger partial charge in [-0.15, -0.1) is 0 Å². The van der Waals surface area contributed by atoms with Crippen LogP contribution in [0.1, 0.15) is 5.56 Å². The minimum Gasteiger partial charge on any atom is -0.369 e. The summed E-state index contributed by atoms with van der Waals surface area (Å²) < 4.78 is 0. The molecule has 6 heteroatoms. The van der Waals surface area contributed by atoms with E-state index in [0.29, 0.717) is 6.54 Å². The van der Waals surface area contributed by atoms with Crippen LogP contribution in [0.4, 0.5) is 16.2 Å². The predicted octanol–water partition coefficient (Wildman–Crippen LogP) is 4.75. The number of fused-ring (bicyclic) bond motifs is 1. The fourth-order valence-electron chi connectivity index (χ4n) is 3.96. The van der Waals surface area contributed by atoms with Gasteiger partial charge in [-0.05, 0) is 36.1 Å². The normalized spacial score (nSPS) is 14.7. The van der Waals surface area contributed by atoms with Gasteiger partial charge in [-0.3, -0.25) is 4.90 Å². The number of carbonyl (C=O) groups is 1. The monoisotopic (exact) mass is 422 g/mol. The van der Waals surface area contributed by atoms with Gasteiger partial charge in [-0.1, -0.05) is 54.1 Å². The Labute approximate surface area is 182 Å². The molecule has 30 heavy (non-hydrogen) atoms. The van der Waals surface area contributed by atoms with E-state index < -0.39 is 0 Å². The number of anilines is 2. The van der Waals surface area contributed by atoms with Gasteiger partial charge in [0.1, 0.15) is 0 Å². The molecule has 1 fully saturated rings. The number of benzene rings is 3. The topological polar surface area (TPSA) is 47.6 Å². The predicted molar refractivity (Wildman–Crippen MR) is 126 cm³/mol. The number of amides is 2. The summed E-state index contributed by atoms with van der Waals surface area (Å²) in [5.41, 5.74) is 3.30. The van der Waals surface area contributed by atoms with Crippen LogP contribution in [-0.2, 0) is 0 Å². The number of hydrogen-bond donors (Lipinski definition) is 2. The number of carbonyl (C=O) groups excluding carboxylic acids is 1. The Hall–Kier alpha value is -2.76. The van der Waals surface area contributed by atoms with Gasteiger partial charge in [-0.25, -0.2) is 4.79 Å². The molecule has 0 atom stereocenters. The summed E-state index contributed by atoms with van der Waals surface area (Å²) in [4.78, 5) is 17.1. The summed E-state index contributed by atoms with van der Waals surface area (Å²) in [5, 5.41) is 8.89. The van der Waals surface area contributed by atoms with Crippen molar-refractivity contribution in [2.24, 2.45) is 0 Å². The van der Waals surface area contributed by atoms with Crippen LogP contribution in [0.3, 0.4) is 0 Å². The molecular weight excluding hydrogens is 396 g/mol. The van der Waals surface area contributed by atoms with Crippen LogP contribution in [0.15, 0.2) is 60.7 Å². The molecular formula is C24H27ClN4O. The molecule has 1 aliphatic heterocycles. The second-order valence-corrected chi connectivity index (χ2v) is 8.10. The van der Waals surface area contributed by atoms with Gasteiger partial charge in [0.2, 0.25) is 0 Å². The molecule has 1 heterocycles. The van der Waals surface area contributed by atoms with Gasteiger partial charge in [0.15, 0.2) is 0 Å². The second kappa shape index (κ2) is 9.37. The van der Waals surface area contributed by atoms with Crippen molar-refractivity contribution >= 4 is 39.8 Å². The molecule has 0 radical (unpaired) electrons. The van der Waals surface area contributed by atoms with Crippen molar-refractivity contribution in [2.45, 2.75) is 6.92 Å². The highest BCUT2D eigenvalue weighted by Crippen LogP contribution is 2.25. The highest BCUT2D eigenvalue weighted by Gasteiger charge is 2.18. The van der Waals surface area contributed by atoms with Crippen LogP contribution in [0.2, 0.25) is 5.02 Å². The Morgan fingerprint density at radius 1 is 1.00 bits per heavy atom. The quantitative estimate of drug-likeness (QED) is 0.624. The zero-order valence-corrected chi connectivity index (χ0v) is 18.0. The molecule has 0 bridgehead atoms. The van der Waals surface area contributed by atoms with Gasteiger partial charge in [0.25, 0.3) is 0 Å². The molecule has 1 saturated heterocycles. The van der Waals surface area contributed by atoms with Crippen LogP contribution >= 0.6 is 11.6 Å². The smallest absolute Gasteiger partial charge is 0.319 e. The Kier molecular flexibility index (Phi) is 6.41. The third kappa shape index (κ3) is 4.86. The zero-order valence-electron chi connectivity index (χ0n) is 17.2. The fraction of sp³-hybridized carbons (Fsp3) is 0.292. The molecule has 0 spiro atoms. The van der Waals surface area contributed by atoms with Crippen LogP contribution < -0.4 is 15.5 Å². The highest BCUT2D eigenvalue weighted by atomic mass is 35.5. The van der Waals surface area contributed by atoms with E-state index in [9.17, 15) is 4.79 Å². The third-order valence-electron chi connectivity index (χ3n) is 5.64. The van der Waals surface area contributed by atoms with E-state index in [1.54, 1.807) is 0 Å². The van der Waals surface area contributed by atoms with E-state index in [1.807, 2.05) is 54.6 Å². The summed E-state index contributed by atoms with van der Waals surface area (Å²) in [6.45, 7) is 7.44. The first kappa shape index (κ1) is 20.5.